The number of nitro benzene ring substituents is 1. The lowest BCUT2D eigenvalue weighted by molar-refractivity contribution is -0.384. The van der Waals surface area contributed by atoms with Crippen LogP contribution in [0.25, 0.3) is 5.69 Å². The summed E-state index contributed by atoms with van der Waals surface area (Å²) in [5, 5.41) is 18.8. The predicted molar refractivity (Wildman–Crippen MR) is 76.1 cm³/mol. The van der Waals surface area contributed by atoms with Crippen molar-refractivity contribution in [2.24, 2.45) is 0 Å². The minimum Gasteiger partial charge on any atom is -0.381 e. The van der Waals surface area contributed by atoms with Gasteiger partial charge in [-0.15, -0.1) is 5.10 Å². The van der Waals surface area contributed by atoms with Crippen molar-refractivity contribution in [2.45, 2.75) is 26.2 Å². The molecule has 20 heavy (non-hydrogen) atoms. The quantitative estimate of drug-likeness (QED) is 0.678. The second kappa shape index (κ2) is 4.75. The standard InChI is InChI=1S/C12H14ClN5O2/c1-12(2,3)10-11(14)15-16-17(10)9-5-4-7(18(19)20)6-8(9)13/h4-6H,14H2,1-3H3. The van der Waals surface area contributed by atoms with Crippen LogP contribution < -0.4 is 5.73 Å². The van der Waals surface area contributed by atoms with Crippen molar-refractivity contribution in [3.05, 3.63) is 39.0 Å². The van der Waals surface area contributed by atoms with E-state index in [1.54, 1.807) is 0 Å². The molecule has 0 amide bonds. The molecule has 0 aliphatic carbocycles. The molecule has 0 saturated heterocycles. The molecule has 8 heteroatoms. The van der Waals surface area contributed by atoms with Gasteiger partial charge in [0.1, 0.15) is 0 Å². The molecule has 1 aromatic carbocycles. The van der Waals surface area contributed by atoms with E-state index in [4.69, 9.17) is 17.3 Å². The minimum atomic E-state index is -0.504. The fourth-order valence-electron chi connectivity index (χ4n) is 1.95. The van der Waals surface area contributed by atoms with Gasteiger partial charge in [0, 0.05) is 17.5 Å². The highest BCUT2D eigenvalue weighted by atomic mass is 35.5. The van der Waals surface area contributed by atoms with E-state index in [9.17, 15) is 10.1 Å². The largest absolute Gasteiger partial charge is 0.381 e. The summed E-state index contributed by atoms with van der Waals surface area (Å²) in [7, 11) is 0. The fourth-order valence-corrected chi connectivity index (χ4v) is 2.20. The third-order valence-electron chi connectivity index (χ3n) is 2.78. The summed E-state index contributed by atoms with van der Waals surface area (Å²) in [6.07, 6.45) is 0. The SMILES string of the molecule is CC(C)(C)c1c(N)nnn1-c1ccc([N+](=O)[O-])cc1Cl. The third-order valence-corrected chi connectivity index (χ3v) is 3.08. The third kappa shape index (κ3) is 2.44. The first-order valence-electron chi connectivity index (χ1n) is 5.88. The molecule has 0 radical (unpaired) electrons. The summed E-state index contributed by atoms with van der Waals surface area (Å²) in [6, 6.07) is 4.18. The normalized spacial score (nSPS) is 11.6. The van der Waals surface area contributed by atoms with E-state index in [2.05, 4.69) is 10.3 Å². The number of halogens is 1. The lowest BCUT2D eigenvalue weighted by Gasteiger charge is -2.20. The van der Waals surface area contributed by atoms with Crippen LogP contribution in [-0.4, -0.2) is 19.9 Å². The Hall–Kier alpha value is -2.15. The second-order valence-electron chi connectivity index (χ2n) is 5.38. The van der Waals surface area contributed by atoms with Crippen LogP contribution in [0.1, 0.15) is 26.5 Å². The van der Waals surface area contributed by atoms with Crippen LogP contribution in [0.2, 0.25) is 5.02 Å². The first-order valence-corrected chi connectivity index (χ1v) is 6.25. The van der Waals surface area contributed by atoms with E-state index < -0.39 is 4.92 Å². The second-order valence-corrected chi connectivity index (χ2v) is 5.79. The Morgan fingerprint density at radius 1 is 1.40 bits per heavy atom. The van der Waals surface area contributed by atoms with Gasteiger partial charge >= 0.3 is 0 Å². The van der Waals surface area contributed by atoms with Crippen molar-refractivity contribution in [3.63, 3.8) is 0 Å². The van der Waals surface area contributed by atoms with Crippen LogP contribution in [0.3, 0.4) is 0 Å². The van der Waals surface area contributed by atoms with Gasteiger partial charge in [0.25, 0.3) is 5.69 Å². The summed E-state index contributed by atoms with van der Waals surface area (Å²) < 4.78 is 1.52. The number of rotatable bonds is 2. The number of nitro groups is 1. The minimum absolute atomic E-state index is 0.0795. The molecule has 106 valence electrons. The summed E-state index contributed by atoms with van der Waals surface area (Å²) in [4.78, 5) is 10.2. The zero-order valence-corrected chi connectivity index (χ0v) is 12.0. The van der Waals surface area contributed by atoms with Crippen LogP contribution in [0.4, 0.5) is 11.5 Å². The molecule has 0 aliphatic heterocycles. The number of nitrogens with zero attached hydrogens (tertiary/aromatic N) is 4. The van der Waals surface area contributed by atoms with E-state index in [0.29, 0.717) is 17.2 Å². The highest BCUT2D eigenvalue weighted by Crippen LogP contribution is 2.32. The Bertz CT molecular complexity index is 675. The number of nitrogen functional groups attached to an aromatic ring is 1. The van der Waals surface area contributed by atoms with Crippen LogP contribution >= 0.6 is 11.6 Å². The molecule has 0 saturated carbocycles. The van der Waals surface area contributed by atoms with Crippen molar-refractivity contribution in [1.29, 1.82) is 0 Å². The molecule has 2 N–H and O–H groups in total. The maximum atomic E-state index is 10.7. The highest BCUT2D eigenvalue weighted by Gasteiger charge is 2.26. The maximum Gasteiger partial charge on any atom is 0.271 e. The Kier molecular flexibility index (Phi) is 3.39. The zero-order valence-electron chi connectivity index (χ0n) is 11.3. The summed E-state index contributed by atoms with van der Waals surface area (Å²) >= 11 is 6.11. The molecule has 1 aromatic heterocycles. The lowest BCUT2D eigenvalue weighted by atomic mass is 9.91. The van der Waals surface area contributed by atoms with Gasteiger partial charge in [-0.05, 0) is 6.07 Å². The average molecular weight is 296 g/mol. The monoisotopic (exact) mass is 295 g/mol. The summed E-state index contributed by atoms with van der Waals surface area (Å²) in [5.74, 6) is 0.312. The van der Waals surface area contributed by atoms with Crippen LogP contribution in [0, 0.1) is 10.1 Å². The first kappa shape index (κ1) is 14.3. The number of benzene rings is 1. The van der Waals surface area contributed by atoms with Gasteiger partial charge in [0.05, 0.1) is 21.3 Å². The number of nitrogens with two attached hydrogens (primary N) is 1. The van der Waals surface area contributed by atoms with Crippen molar-refractivity contribution < 1.29 is 4.92 Å². The number of hydrogen-bond acceptors (Lipinski definition) is 5. The molecule has 2 rings (SSSR count). The van der Waals surface area contributed by atoms with Gasteiger partial charge in [-0.2, -0.15) is 0 Å². The van der Waals surface area contributed by atoms with Crippen LogP contribution in [0.5, 0.6) is 0 Å². The summed E-state index contributed by atoms with van der Waals surface area (Å²) in [6.45, 7) is 5.91. The van der Waals surface area contributed by atoms with E-state index >= 15 is 0 Å². The summed E-state index contributed by atoms with van der Waals surface area (Å²) in [5.41, 5.74) is 6.68. The zero-order chi connectivity index (χ0) is 15.1. The van der Waals surface area contributed by atoms with Crippen molar-refractivity contribution in [2.75, 3.05) is 5.73 Å². The average Bonchev–Trinajstić information content (AvgIpc) is 2.70. The van der Waals surface area contributed by atoms with E-state index in [1.807, 2.05) is 20.8 Å². The fraction of sp³-hybridized carbons (Fsp3) is 0.333. The molecule has 7 nitrogen and oxygen atoms in total. The van der Waals surface area contributed by atoms with Gasteiger partial charge in [-0.25, -0.2) is 4.68 Å². The molecule has 0 atom stereocenters. The topological polar surface area (TPSA) is 99.9 Å². The predicted octanol–water partition coefficient (Wildman–Crippen LogP) is 2.71. The number of anilines is 1. The Morgan fingerprint density at radius 2 is 2.05 bits per heavy atom. The van der Waals surface area contributed by atoms with Crippen LogP contribution in [0.15, 0.2) is 18.2 Å². The molecule has 0 aliphatic rings. The number of hydrogen-bond donors (Lipinski definition) is 1. The molecular formula is C12H14ClN5O2. The van der Waals surface area contributed by atoms with Gasteiger partial charge in [0.2, 0.25) is 0 Å². The van der Waals surface area contributed by atoms with Crippen molar-refractivity contribution in [3.8, 4) is 5.69 Å². The maximum absolute atomic E-state index is 10.7. The Balaban J connectivity index is 2.61. The van der Waals surface area contributed by atoms with Gasteiger partial charge < -0.3 is 5.73 Å². The molecule has 0 unspecified atom stereocenters. The smallest absolute Gasteiger partial charge is 0.271 e. The molecular weight excluding hydrogens is 282 g/mol. The first-order chi connectivity index (χ1) is 9.21. The number of non-ortho nitro benzene ring substituents is 1. The van der Waals surface area contributed by atoms with Gasteiger partial charge in [-0.3, -0.25) is 10.1 Å². The Labute approximate surface area is 120 Å². The highest BCUT2D eigenvalue weighted by molar-refractivity contribution is 6.32. The Morgan fingerprint density at radius 3 is 2.55 bits per heavy atom. The molecule has 0 bridgehead atoms. The van der Waals surface area contributed by atoms with E-state index in [0.717, 1.165) is 0 Å². The molecule has 2 aromatic rings. The number of aromatic nitrogens is 3. The molecule has 0 spiro atoms. The lowest BCUT2D eigenvalue weighted by Crippen LogP contribution is -2.19. The van der Waals surface area contributed by atoms with Crippen LogP contribution in [-0.2, 0) is 5.41 Å². The van der Waals surface area contributed by atoms with Gasteiger partial charge in [-0.1, -0.05) is 37.6 Å². The van der Waals surface area contributed by atoms with Crippen molar-refractivity contribution in [1.82, 2.24) is 15.0 Å². The van der Waals surface area contributed by atoms with E-state index in [1.165, 1.54) is 22.9 Å². The van der Waals surface area contributed by atoms with Crippen molar-refractivity contribution >= 4 is 23.1 Å². The van der Waals surface area contributed by atoms with E-state index in [-0.39, 0.29) is 16.1 Å². The molecule has 0 fully saturated rings. The molecule has 1 heterocycles. The van der Waals surface area contributed by atoms with Gasteiger partial charge in [0.15, 0.2) is 5.82 Å².